The molecule has 0 aromatic carbocycles. The van der Waals surface area contributed by atoms with E-state index in [9.17, 15) is 9.59 Å². The lowest BCUT2D eigenvalue weighted by Crippen LogP contribution is -2.40. The van der Waals surface area contributed by atoms with Crippen molar-refractivity contribution in [2.24, 2.45) is 35.5 Å². The second-order valence-corrected chi connectivity index (χ2v) is 7.75. The molecule has 5 rings (SSSR count). The Balaban J connectivity index is 1.36. The van der Waals surface area contributed by atoms with Gasteiger partial charge in [-0.3, -0.25) is 14.5 Å². The Hall–Kier alpha value is -1.12. The summed E-state index contributed by atoms with van der Waals surface area (Å²) in [6.45, 7) is 2.88. The molecule has 2 saturated carbocycles. The van der Waals surface area contributed by atoms with Gasteiger partial charge in [0.25, 0.3) is 0 Å². The summed E-state index contributed by atoms with van der Waals surface area (Å²) in [7, 11) is 0. The Kier molecular flexibility index (Phi) is 3.62. The highest BCUT2D eigenvalue weighted by atomic mass is 16.2. The van der Waals surface area contributed by atoms with Crippen LogP contribution in [-0.2, 0) is 9.59 Å². The molecule has 0 aromatic rings. The average molecular weight is 301 g/mol. The number of carbonyl (C=O) groups excluding carboxylic acids is 2. The molecule has 3 nitrogen and oxygen atoms in total. The van der Waals surface area contributed by atoms with Crippen molar-refractivity contribution >= 4 is 11.8 Å². The summed E-state index contributed by atoms with van der Waals surface area (Å²) < 4.78 is 0. The molecule has 0 N–H and O–H groups in total. The fourth-order valence-electron chi connectivity index (χ4n) is 5.29. The standard InChI is InChI=1S/C19H27NO2/c1-2-3-4-5-6-7-10-20-18(21)16-12-8-9-13(15-11-14(12)15)17(16)19(20)22/h8-9,12-17H,2-7,10-11H2,1H3. The number of nitrogens with zero attached hydrogens (tertiary/aromatic N) is 1. The van der Waals surface area contributed by atoms with Gasteiger partial charge in [-0.1, -0.05) is 51.2 Å². The predicted octanol–water partition coefficient (Wildman–Crippen LogP) is 3.40. The predicted molar refractivity (Wildman–Crippen MR) is 84.8 cm³/mol. The maximum absolute atomic E-state index is 12.7. The van der Waals surface area contributed by atoms with Gasteiger partial charge in [0.05, 0.1) is 11.8 Å². The molecule has 6 atom stereocenters. The minimum atomic E-state index is -0.00802. The average Bonchev–Trinajstić information content (AvgIpc) is 3.30. The summed E-state index contributed by atoms with van der Waals surface area (Å²) >= 11 is 0. The first-order valence-corrected chi connectivity index (χ1v) is 9.27. The smallest absolute Gasteiger partial charge is 0.233 e. The quantitative estimate of drug-likeness (QED) is 0.410. The van der Waals surface area contributed by atoms with E-state index in [1.807, 2.05) is 0 Å². The molecule has 0 aromatic heterocycles. The Morgan fingerprint density at radius 2 is 1.45 bits per heavy atom. The minimum absolute atomic E-state index is 0.00802. The van der Waals surface area contributed by atoms with Gasteiger partial charge in [0.1, 0.15) is 0 Å². The van der Waals surface area contributed by atoms with Crippen molar-refractivity contribution in [3.05, 3.63) is 12.2 Å². The molecule has 3 heteroatoms. The van der Waals surface area contributed by atoms with Crippen LogP contribution in [0.25, 0.3) is 0 Å². The van der Waals surface area contributed by atoms with Gasteiger partial charge >= 0.3 is 0 Å². The van der Waals surface area contributed by atoms with Crippen molar-refractivity contribution in [3.63, 3.8) is 0 Å². The van der Waals surface area contributed by atoms with Crippen molar-refractivity contribution in [1.29, 1.82) is 0 Å². The third-order valence-corrected chi connectivity index (χ3v) is 6.49. The van der Waals surface area contributed by atoms with E-state index in [0.717, 1.165) is 12.8 Å². The monoisotopic (exact) mass is 301 g/mol. The SMILES string of the molecule is CCCCCCCCN1C(=O)C2C3C=CC(C4CC34)C2C1=O. The van der Waals surface area contributed by atoms with Crippen LogP contribution >= 0.6 is 0 Å². The number of hydrogen-bond acceptors (Lipinski definition) is 2. The van der Waals surface area contributed by atoms with Crippen molar-refractivity contribution in [2.75, 3.05) is 6.54 Å². The third-order valence-electron chi connectivity index (χ3n) is 6.49. The maximum Gasteiger partial charge on any atom is 0.233 e. The zero-order chi connectivity index (χ0) is 15.3. The van der Waals surface area contributed by atoms with Crippen molar-refractivity contribution in [1.82, 2.24) is 4.90 Å². The fourth-order valence-corrected chi connectivity index (χ4v) is 5.29. The van der Waals surface area contributed by atoms with Crippen LogP contribution in [-0.4, -0.2) is 23.3 Å². The van der Waals surface area contributed by atoms with Crippen LogP contribution in [0, 0.1) is 35.5 Å². The van der Waals surface area contributed by atoms with Crippen molar-refractivity contribution in [2.45, 2.75) is 51.9 Å². The lowest BCUT2D eigenvalue weighted by atomic mass is 9.63. The van der Waals surface area contributed by atoms with E-state index < -0.39 is 0 Å². The number of imide groups is 1. The van der Waals surface area contributed by atoms with Gasteiger partial charge in [-0.2, -0.15) is 0 Å². The Morgan fingerprint density at radius 3 is 2.05 bits per heavy atom. The number of unbranched alkanes of at least 4 members (excludes halogenated alkanes) is 5. The zero-order valence-corrected chi connectivity index (χ0v) is 13.5. The maximum atomic E-state index is 12.7. The van der Waals surface area contributed by atoms with E-state index in [2.05, 4.69) is 19.1 Å². The molecule has 1 aliphatic heterocycles. The van der Waals surface area contributed by atoms with Gasteiger partial charge in [-0.15, -0.1) is 0 Å². The van der Waals surface area contributed by atoms with E-state index >= 15 is 0 Å². The lowest BCUT2D eigenvalue weighted by Gasteiger charge is -2.37. The Bertz CT molecular complexity index is 476. The van der Waals surface area contributed by atoms with E-state index in [1.165, 1.54) is 32.1 Å². The first-order valence-electron chi connectivity index (χ1n) is 9.27. The largest absolute Gasteiger partial charge is 0.282 e. The number of likely N-dealkylation sites (tertiary alicyclic amines) is 1. The summed E-state index contributed by atoms with van der Waals surface area (Å²) in [4.78, 5) is 27.1. The van der Waals surface area contributed by atoms with Gasteiger partial charge in [0.15, 0.2) is 0 Å². The molecular formula is C19H27NO2. The summed E-state index contributed by atoms with van der Waals surface area (Å²) in [5.41, 5.74) is 0. The third kappa shape index (κ3) is 2.08. The number of amides is 2. The van der Waals surface area contributed by atoms with Gasteiger partial charge in [0.2, 0.25) is 11.8 Å². The summed E-state index contributed by atoms with van der Waals surface area (Å²) in [6.07, 6.45) is 12.9. The molecule has 1 saturated heterocycles. The van der Waals surface area contributed by atoms with Gasteiger partial charge in [-0.25, -0.2) is 0 Å². The molecule has 4 aliphatic carbocycles. The molecule has 22 heavy (non-hydrogen) atoms. The molecule has 2 bridgehead atoms. The van der Waals surface area contributed by atoms with Crippen LogP contribution in [0.4, 0.5) is 0 Å². The number of rotatable bonds is 7. The first-order chi connectivity index (χ1) is 10.7. The van der Waals surface area contributed by atoms with E-state index in [4.69, 9.17) is 0 Å². The molecule has 1 heterocycles. The highest BCUT2D eigenvalue weighted by Gasteiger charge is 2.66. The molecule has 3 fully saturated rings. The molecule has 6 unspecified atom stereocenters. The van der Waals surface area contributed by atoms with Gasteiger partial charge in [-0.05, 0) is 36.5 Å². The zero-order valence-electron chi connectivity index (χ0n) is 13.5. The summed E-state index contributed by atoms with van der Waals surface area (Å²) in [6, 6.07) is 0. The number of hydrogen-bond donors (Lipinski definition) is 0. The minimum Gasteiger partial charge on any atom is -0.282 e. The highest BCUT2D eigenvalue weighted by molar-refractivity contribution is 6.06. The van der Waals surface area contributed by atoms with E-state index in [1.54, 1.807) is 4.90 Å². The number of carbonyl (C=O) groups is 2. The topological polar surface area (TPSA) is 37.4 Å². The molecule has 120 valence electrons. The van der Waals surface area contributed by atoms with Crippen molar-refractivity contribution < 1.29 is 9.59 Å². The molecular weight excluding hydrogens is 274 g/mol. The first kappa shape index (κ1) is 14.5. The van der Waals surface area contributed by atoms with E-state index in [0.29, 0.717) is 30.2 Å². The van der Waals surface area contributed by atoms with Crippen LogP contribution in [0.3, 0.4) is 0 Å². The van der Waals surface area contributed by atoms with Gasteiger partial charge < -0.3 is 0 Å². The molecule has 0 spiro atoms. The lowest BCUT2D eigenvalue weighted by molar-refractivity contribution is -0.140. The van der Waals surface area contributed by atoms with Crippen LogP contribution in [0.15, 0.2) is 12.2 Å². The number of allylic oxidation sites excluding steroid dienone is 2. The molecule has 0 radical (unpaired) electrons. The van der Waals surface area contributed by atoms with Gasteiger partial charge in [0, 0.05) is 6.54 Å². The normalized spacial score (nSPS) is 41.0. The summed E-state index contributed by atoms with van der Waals surface area (Å²) in [5, 5.41) is 0. The van der Waals surface area contributed by atoms with Crippen molar-refractivity contribution in [3.8, 4) is 0 Å². The Morgan fingerprint density at radius 1 is 0.909 bits per heavy atom. The molecule has 2 amide bonds. The second kappa shape index (κ2) is 5.50. The Labute approximate surface area is 133 Å². The fraction of sp³-hybridized carbons (Fsp3) is 0.789. The second-order valence-electron chi connectivity index (χ2n) is 7.75. The van der Waals surface area contributed by atoms with Crippen LogP contribution < -0.4 is 0 Å². The van der Waals surface area contributed by atoms with Crippen LogP contribution in [0.5, 0.6) is 0 Å². The summed E-state index contributed by atoms with van der Waals surface area (Å²) in [5.74, 6) is 2.43. The highest BCUT2D eigenvalue weighted by Crippen LogP contribution is 2.65. The van der Waals surface area contributed by atoms with E-state index in [-0.39, 0.29) is 23.7 Å². The van der Waals surface area contributed by atoms with Crippen LogP contribution in [0.1, 0.15) is 51.9 Å². The molecule has 5 aliphatic rings. The van der Waals surface area contributed by atoms with Crippen LogP contribution in [0.2, 0.25) is 0 Å².